The van der Waals surface area contributed by atoms with Crippen LogP contribution in [0.2, 0.25) is 0 Å². The van der Waals surface area contributed by atoms with E-state index in [2.05, 4.69) is 0 Å². The summed E-state index contributed by atoms with van der Waals surface area (Å²) in [7, 11) is 0. The number of imide groups is 1. The van der Waals surface area contributed by atoms with E-state index in [0.29, 0.717) is 13.0 Å². The Labute approximate surface area is 155 Å². The summed E-state index contributed by atoms with van der Waals surface area (Å²) in [6, 6.07) is 0. The predicted molar refractivity (Wildman–Crippen MR) is 105 cm³/mol. The molecule has 0 aromatic heterocycles. The van der Waals surface area contributed by atoms with Crippen LogP contribution in [0.15, 0.2) is 0 Å². The van der Waals surface area contributed by atoms with E-state index in [9.17, 15) is 14.4 Å². The van der Waals surface area contributed by atoms with Crippen LogP contribution in [0.4, 0.5) is 0 Å². The van der Waals surface area contributed by atoms with Crippen LogP contribution in [0.5, 0.6) is 0 Å². The molecule has 4 nitrogen and oxygen atoms in total. The maximum Gasteiger partial charge on any atom is 0.232 e. The molecule has 2 amide bonds. The van der Waals surface area contributed by atoms with Crippen molar-refractivity contribution in [1.82, 2.24) is 4.90 Å². The van der Waals surface area contributed by atoms with Gasteiger partial charge in [0, 0.05) is 25.3 Å². The van der Waals surface area contributed by atoms with Crippen molar-refractivity contribution in [2.24, 2.45) is 5.92 Å². The number of carbonyl (C=O) groups excluding carboxylic acids is 3. The smallest absolute Gasteiger partial charge is 0.232 e. The maximum atomic E-state index is 11.7. The largest absolute Gasteiger partial charge is 0.300 e. The number of carbonyl (C=O) groups is 3. The Morgan fingerprint density at radius 3 is 1.72 bits per heavy atom. The van der Waals surface area contributed by atoms with Gasteiger partial charge in [0.2, 0.25) is 11.8 Å². The van der Waals surface area contributed by atoms with Crippen LogP contribution < -0.4 is 0 Å². The summed E-state index contributed by atoms with van der Waals surface area (Å²) < 4.78 is 0. The molecule has 1 aliphatic heterocycles. The van der Waals surface area contributed by atoms with Gasteiger partial charge in [0.15, 0.2) is 0 Å². The lowest BCUT2D eigenvalue weighted by Crippen LogP contribution is -2.31. The highest BCUT2D eigenvalue weighted by Gasteiger charge is 2.34. The van der Waals surface area contributed by atoms with Gasteiger partial charge in [-0.05, 0) is 19.8 Å². The minimum Gasteiger partial charge on any atom is -0.300 e. The highest BCUT2D eigenvalue weighted by Crippen LogP contribution is 2.19. The molecule has 0 aromatic carbocycles. The van der Waals surface area contributed by atoms with E-state index in [-0.39, 0.29) is 23.5 Å². The van der Waals surface area contributed by atoms with Gasteiger partial charge < -0.3 is 4.79 Å². The van der Waals surface area contributed by atoms with E-state index in [0.717, 1.165) is 32.1 Å². The standard InChI is InChI=1S/C17H29NO3.2C2H6/c1-14-13-16(20)18(17(14)21)12-10-8-6-4-3-5-7-9-11-15(2)19;2*1-2/h14H,3-13H2,1-2H3;2*1-2H3. The molecule has 25 heavy (non-hydrogen) atoms. The number of likely N-dealkylation sites (tertiary alicyclic amines) is 1. The first-order chi connectivity index (χ1) is 12.0. The lowest BCUT2D eigenvalue weighted by Gasteiger charge is -2.13. The monoisotopic (exact) mass is 355 g/mol. The zero-order chi connectivity index (χ0) is 19.7. The van der Waals surface area contributed by atoms with Crippen molar-refractivity contribution < 1.29 is 14.4 Å². The van der Waals surface area contributed by atoms with Crippen molar-refractivity contribution >= 4 is 17.6 Å². The number of rotatable bonds is 11. The molecule has 0 aliphatic carbocycles. The number of nitrogens with zero attached hydrogens (tertiary/aromatic N) is 1. The van der Waals surface area contributed by atoms with Gasteiger partial charge in [-0.2, -0.15) is 0 Å². The van der Waals surface area contributed by atoms with E-state index in [1.807, 2.05) is 34.6 Å². The van der Waals surface area contributed by atoms with E-state index in [1.54, 1.807) is 6.92 Å². The van der Waals surface area contributed by atoms with Crippen molar-refractivity contribution in [3.8, 4) is 0 Å². The number of ketones is 1. The third-order valence-corrected chi connectivity index (χ3v) is 4.13. The summed E-state index contributed by atoms with van der Waals surface area (Å²) >= 11 is 0. The molecule has 1 rings (SSSR count). The van der Waals surface area contributed by atoms with Crippen LogP contribution in [0.3, 0.4) is 0 Å². The summed E-state index contributed by atoms with van der Waals surface area (Å²) in [6.07, 6.45) is 10.1. The lowest BCUT2D eigenvalue weighted by molar-refractivity contribution is -0.139. The van der Waals surface area contributed by atoms with E-state index in [1.165, 1.54) is 30.6 Å². The number of hydrogen-bond acceptors (Lipinski definition) is 3. The molecular weight excluding hydrogens is 314 g/mol. The number of hydrogen-bond donors (Lipinski definition) is 0. The zero-order valence-electron chi connectivity index (χ0n) is 17.5. The minimum absolute atomic E-state index is 0.00188. The van der Waals surface area contributed by atoms with Crippen molar-refractivity contribution in [2.75, 3.05) is 6.54 Å². The molecule has 1 fully saturated rings. The van der Waals surface area contributed by atoms with Gasteiger partial charge in [-0.1, -0.05) is 73.1 Å². The van der Waals surface area contributed by atoms with Crippen molar-refractivity contribution in [3.63, 3.8) is 0 Å². The van der Waals surface area contributed by atoms with Gasteiger partial charge in [-0.3, -0.25) is 14.5 Å². The van der Waals surface area contributed by atoms with Crippen LogP contribution >= 0.6 is 0 Å². The molecule has 0 bridgehead atoms. The lowest BCUT2D eigenvalue weighted by atomic mass is 10.1. The third-order valence-electron chi connectivity index (χ3n) is 4.13. The first-order valence-electron chi connectivity index (χ1n) is 10.4. The van der Waals surface area contributed by atoms with Gasteiger partial charge >= 0.3 is 0 Å². The number of Topliss-reactive ketones (excluding diaryl/α,β-unsaturated/α-hetero) is 1. The highest BCUT2D eigenvalue weighted by molar-refractivity contribution is 6.03. The molecule has 1 saturated heterocycles. The molecule has 0 radical (unpaired) electrons. The Bertz CT molecular complexity index is 366. The third kappa shape index (κ3) is 12.8. The Kier molecular flexibility index (Phi) is 18.4. The first kappa shape index (κ1) is 26.0. The molecular formula is C21H41NO3. The molecule has 4 heteroatoms. The Balaban J connectivity index is 0. The number of unbranched alkanes of at least 4 members (excludes halogenated alkanes) is 7. The normalized spacial score (nSPS) is 16.1. The van der Waals surface area contributed by atoms with Crippen LogP contribution in [-0.4, -0.2) is 29.0 Å². The van der Waals surface area contributed by atoms with Gasteiger partial charge in [-0.15, -0.1) is 0 Å². The van der Waals surface area contributed by atoms with Gasteiger partial charge in [0.25, 0.3) is 0 Å². The van der Waals surface area contributed by atoms with Crippen LogP contribution in [0, 0.1) is 5.92 Å². The van der Waals surface area contributed by atoms with E-state index >= 15 is 0 Å². The Hall–Kier alpha value is -1.19. The second kappa shape index (κ2) is 17.6. The molecule has 1 heterocycles. The quantitative estimate of drug-likeness (QED) is 0.361. The Morgan fingerprint density at radius 1 is 0.880 bits per heavy atom. The van der Waals surface area contributed by atoms with Gasteiger partial charge in [0.05, 0.1) is 0 Å². The second-order valence-electron chi connectivity index (χ2n) is 6.27. The van der Waals surface area contributed by atoms with E-state index < -0.39 is 0 Å². The molecule has 0 spiro atoms. The average molecular weight is 356 g/mol. The molecule has 1 unspecified atom stereocenters. The van der Waals surface area contributed by atoms with E-state index in [4.69, 9.17) is 0 Å². The molecule has 0 aromatic rings. The van der Waals surface area contributed by atoms with Crippen LogP contribution in [0.25, 0.3) is 0 Å². The zero-order valence-corrected chi connectivity index (χ0v) is 17.5. The molecule has 148 valence electrons. The summed E-state index contributed by atoms with van der Waals surface area (Å²) in [4.78, 5) is 35.5. The fourth-order valence-electron chi connectivity index (χ4n) is 2.79. The fourth-order valence-corrected chi connectivity index (χ4v) is 2.79. The maximum absolute atomic E-state index is 11.7. The van der Waals surface area contributed by atoms with Gasteiger partial charge in [0.1, 0.15) is 5.78 Å². The summed E-state index contributed by atoms with van der Waals surface area (Å²) in [6.45, 7) is 12.1. The first-order valence-corrected chi connectivity index (χ1v) is 10.4. The van der Waals surface area contributed by atoms with Gasteiger partial charge in [-0.25, -0.2) is 0 Å². The minimum atomic E-state index is -0.118. The molecule has 1 atom stereocenters. The molecule has 0 saturated carbocycles. The highest BCUT2D eigenvalue weighted by atomic mass is 16.2. The SMILES string of the molecule is CC.CC.CC(=O)CCCCCCCCCCN1C(=O)CC(C)C1=O. The fraction of sp³-hybridized carbons (Fsp3) is 0.857. The summed E-state index contributed by atoms with van der Waals surface area (Å²) in [5, 5.41) is 0. The summed E-state index contributed by atoms with van der Waals surface area (Å²) in [5.41, 5.74) is 0. The summed E-state index contributed by atoms with van der Waals surface area (Å²) in [5.74, 6) is 0.172. The second-order valence-corrected chi connectivity index (χ2v) is 6.27. The number of amides is 2. The van der Waals surface area contributed by atoms with Crippen molar-refractivity contribution in [3.05, 3.63) is 0 Å². The molecule has 0 N–H and O–H groups in total. The van der Waals surface area contributed by atoms with Crippen LogP contribution in [-0.2, 0) is 14.4 Å². The predicted octanol–water partition coefficient (Wildman–Crippen LogP) is 5.53. The van der Waals surface area contributed by atoms with Crippen LogP contribution in [0.1, 0.15) is 106 Å². The van der Waals surface area contributed by atoms with Crippen molar-refractivity contribution in [2.45, 2.75) is 106 Å². The van der Waals surface area contributed by atoms with Crippen molar-refractivity contribution in [1.29, 1.82) is 0 Å². The topological polar surface area (TPSA) is 54.5 Å². The molecule has 1 aliphatic rings. The Morgan fingerprint density at radius 2 is 1.32 bits per heavy atom. The average Bonchev–Trinajstić information content (AvgIpc) is 2.85.